The molecular weight excluding hydrogens is 398 g/mol. The molecule has 2 aromatic heterocycles. The van der Waals surface area contributed by atoms with Crippen LogP contribution in [0.25, 0.3) is 16.9 Å². The van der Waals surface area contributed by atoms with E-state index in [0.29, 0.717) is 24.4 Å². The molecule has 152 valence electrons. The lowest BCUT2D eigenvalue weighted by atomic mass is 10.1. The maximum atomic E-state index is 12.7. The maximum absolute atomic E-state index is 12.7. The van der Waals surface area contributed by atoms with Gasteiger partial charge in [-0.2, -0.15) is 5.10 Å². The number of nitrogens with zero attached hydrogens (tertiary/aromatic N) is 3. The number of para-hydroxylation sites is 1. The highest BCUT2D eigenvalue weighted by atomic mass is 35.5. The van der Waals surface area contributed by atoms with Crippen molar-refractivity contribution in [3.05, 3.63) is 95.5 Å². The normalized spacial score (nSPS) is 10.9. The number of halogens is 1. The molecule has 1 amide bonds. The molecule has 0 fully saturated rings. The van der Waals surface area contributed by atoms with E-state index in [4.69, 9.17) is 21.1 Å². The third-order valence-corrected chi connectivity index (χ3v) is 5.18. The summed E-state index contributed by atoms with van der Waals surface area (Å²) in [6.45, 7) is 0.460. The summed E-state index contributed by atoms with van der Waals surface area (Å²) in [6, 6.07) is 21.2. The molecule has 0 atom stereocenters. The van der Waals surface area contributed by atoms with E-state index in [1.807, 2.05) is 84.7 Å². The van der Waals surface area contributed by atoms with Crippen molar-refractivity contribution in [2.24, 2.45) is 0 Å². The van der Waals surface area contributed by atoms with Gasteiger partial charge in [0.2, 0.25) is 5.91 Å². The molecule has 0 spiro atoms. The minimum absolute atomic E-state index is 0.0564. The fourth-order valence-electron chi connectivity index (χ4n) is 3.31. The highest BCUT2D eigenvalue weighted by Crippen LogP contribution is 2.26. The van der Waals surface area contributed by atoms with Gasteiger partial charge in [0.1, 0.15) is 5.76 Å². The number of carbonyl (C=O) groups excluding carboxylic acids is 1. The Labute approximate surface area is 180 Å². The summed E-state index contributed by atoms with van der Waals surface area (Å²) in [7, 11) is 1.82. The molecule has 6 heteroatoms. The summed E-state index contributed by atoms with van der Waals surface area (Å²) in [5.74, 6) is 0.872. The second kappa shape index (κ2) is 9.01. The van der Waals surface area contributed by atoms with Crippen LogP contribution in [0.3, 0.4) is 0 Å². The van der Waals surface area contributed by atoms with Crippen molar-refractivity contribution >= 4 is 17.5 Å². The van der Waals surface area contributed by atoms with Crippen molar-refractivity contribution in [3.63, 3.8) is 0 Å². The Morgan fingerprint density at radius 1 is 1.07 bits per heavy atom. The van der Waals surface area contributed by atoms with Crippen molar-refractivity contribution in [3.8, 4) is 16.9 Å². The lowest BCUT2D eigenvalue weighted by molar-refractivity contribution is -0.130. The molecule has 2 aromatic carbocycles. The number of hydrogen-bond donors (Lipinski definition) is 0. The molecular formula is C24H22ClN3O2. The molecule has 4 aromatic rings. The summed E-state index contributed by atoms with van der Waals surface area (Å²) in [5, 5.41) is 5.47. The van der Waals surface area contributed by atoms with E-state index in [0.717, 1.165) is 28.3 Å². The van der Waals surface area contributed by atoms with Gasteiger partial charge in [0, 0.05) is 48.8 Å². The summed E-state index contributed by atoms with van der Waals surface area (Å²) in [4.78, 5) is 14.4. The van der Waals surface area contributed by atoms with Crippen LogP contribution < -0.4 is 0 Å². The number of carbonyl (C=O) groups is 1. The quantitative estimate of drug-likeness (QED) is 0.404. The van der Waals surface area contributed by atoms with E-state index in [-0.39, 0.29) is 5.91 Å². The molecule has 2 heterocycles. The van der Waals surface area contributed by atoms with E-state index >= 15 is 0 Å². The van der Waals surface area contributed by atoms with E-state index in [9.17, 15) is 4.79 Å². The fraction of sp³-hybridized carbons (Fsp3) is 0.167. The number of amides is 1. The van der Waals surface area contributed by atoms with Crippen molar-refractivity contribution in [1.29, 1.82) is 0 Å². The summed E-state index contributed by atoms with van der Waals surface area (Å²) >= 11 is 6.06. The molecule has 0 radical (unpaired) electrons. The van der Waals surface area contributed by atoms with Gasteiger partial charge in [-0.15, -0.1) is 0 Å². The van der Waals surface area contributed by atoms with Gasteiger partial charge >= 0.3 is 0 Å². The third kappa shape index (κ3) is 4.63. The minimum atomic E-state index is 0.0564. The van der Waals surface area contributed by atoms with Crippen LogP contribution >= 0.6 is 11.6 Å². The molecule has 30 heavy (non-hydrogen) atoms. The summed E-state index contributed by atoms with van der Waals surface area (Å²) in [6.07, 6.45) is 4.59. The van der Waals surface area contributed by atoms with Gasteiger partial charge in [-0.3, -0.25) is 4.79 Å². The van der Waals surface area contributed by atoms with Crippen molar-refractivity contribution < 1.29 is 9.21 Å². The van der Waals surface area contributed by atoms with Crippen LogP contribution in [0.5, 0.6) is 0 Å². The average molecular weight is 420 g/mol. The standard InChI is InChI=1S/C24H22ClN3O2/c1-27(23(29)14-13-22-8-5-15-30-22)16-19-17-28(21-6-3-2-4-7-21)26-24(19)18-9-11-20(25)12-10-18/h2-12,15,17H,13-14,16H2,1H3. The minimum Gasteiger partial charge on any atom is -0.469 e. The molecule has 0 saturated heterocycles. The molecule has 0 aliphatic rings. The van der Waals surface area contributed by atoms with Crippen LogP contribution in [0.15, 0.2) is 83.6 Å². The largest absolute Gasteiger partial charge is 0.469 e. The molecule has 0 unspecified atom stereocenters. The molecule has 0 aliphatic carbocycles. The third-order valence-electron chi connectivity index (χ3n) is 4.93. The Morgan fingerprint density at radius 2 is 1.83 bits per heavy atom. The zero-order valence-corrected chi connectivity index (χ0v) is 17.4. The zero-order valence-electron chi connectivity index (χ0n) is 16.7. The Morgan fingerprint density at radius 3 is 2.53 bits per heavy atom. The van der Waals surface area contributed by atoms with E-state index in [1.54, 1.807) is 11.2 Å². The number of benzene rings is 2. The zero-order chi connectivity index (χ0) is 20.9. The first-order valence-electron chi connectivity index (χ1n) is 9.76. The van der Waals surface area contributed by atoms with Gasteiger partial charge in [0.25, 0.3) is 0 Å². The van der Waals surface area contributed by atoms with Crippen LogP contribution in [0.2, 0.25) is 5.02 Å². The second-order valence-corrected chi connectivity index (χ2v) is 7.56. The SMILES string of the molecule is CN(Cc1cn(-c2ccccc2)nc1-c1ccc(Cl)cc1)C(=O)CCc1ccco1. The van der Waals surface area contributed by atoms with E-state index < -0.39 is 0 Å². The summed E-state index contributed by atoms with van der Waals surface area (Å²) < 4.78 is 7.17. The van der Waals surface area contributed by atoms with Crippen molar-refractivity contribution in [1.82, 2.24) is 14.7 Å². The molecule has 0 bridgehead atoms. The molecule has 0 N–H and O–H groups in total. The molecule has 0 aliphatic heterocycles. The van der Waals surface area contributed by atoms with Gasteiger partial charge in [-0.25, -0.2) is 4.68 Å². The molecule has 0 saturated carbocycles. The topological polar surface area (TPSA) is 51.3 Å². The molecule has 4 rings (SSSR count). The number of furan rings is 1. The number of aromatic nitrogens is 2. The highest BCUT2D eigenvalue weighted by molar-refractivity contribution is 6.30. The lowest BCUT2D eigenvalue weighted by Gasteiger charge is -2.17. The highest BCUT2D eigenvalue weighted by Gasteiger charge is 2.17. The van der Waals surface area contributed by atoms with Gasteiger partial charge < -0.3 is 9.32 Å². The van der Waals surface area contributed by atoms with E-state index in [1.165, 1.54) is 0 Å². The van der Waals surface area contributed by atoms with E-state index in [2.05, 4.69) is 0 Å². The van der Waals surface area contributed by atoms with Crippen molar-refractivity contribution in [2.75, 3.05) is 7.05 Å². The van der Waals surface area contributed by atoms with Crippen LogP contribution in [0, 0.1) is 0 Å². The predicted molar refractivity (Wildman–Crippen MR) is 118 cm³/mol. The number of aryl methyl sites for hydroxylation is 1. The smallest absolute Gasteiger partial charge is 0.223 e. The Bertz CT molecular complexity index is 1100. The van der Waals surface area contributed by atoms with Gasteiger partial charge in [0.15, 0.2) is 0 Å². The van der Waals surface area contributed by atoms with Crippen LogP contribution in [-0.4, -0.2) is 27.6 Å². The Balaban J connectivity index is 1.58. The first-order chi connectivity index (χ1) is 14.6. The van der Waals surface area contributed by atoms with Crippen molar-refractivity contribution in [2.45, 2.75) is 19.4 Å². The predicted octanol–water partition coefficient (Wildman–Crippen LogP) is 5.38. The monoisotopic (exact) mass is 419 g/mol. The first-order valence-corrected chi connectivity index (χ1v) is 10.1. The Kier molecular flexibility index (Phi) is 6.00. The van der Waals surface area contributed by atoms with Gasteiger partial charge in [0.05, 0.1) is 17.6 Å². The average Bonchev–Trinajstić information content (AvgIpc) is 3.43. The summed E-state index contributed by atoms with van der Waals surface area (Å²) in [5.41, 5.74) is 3.72. The maximum Gasteiger partial charge on any atom is 0.223 e. The van der Waals surface area contributed by atoms with Gasteiger partial charge in [-0.1, -0.05) is 41.9 Å². The number of rotatable bonds is 7. The number of hydrogen-bond acceptors (Lipinski definition) is 3. The fourth-order valence-corrected chi connectivity index (χ4v) is 3.43. The van der Waals surface area contributed by atoms with Crippen LogP contribution in [-0.2, 0) is 17.8 Å². The second-order valence-electron chi connectivity index (χ2n) is 7.12. The lowest BCUT2D eigenvalue weighted by Crippen LogP contribution is -2.26. The van der Waals surface area contributed by atoms with Gasteiger partial charge in [-0.05, 0) is 36.4 Å². The first kappa shape index (κ1) is 20.0. The Hall–Kier alpha value is -3.31. The molecule has 5 nitrogen and oxygen atoms in total. The van der Waals surface area contributed by atoms with Crippen LogP contribution in [0.4, 0.5) is 0 Å². The van der Waals surface area contributed by atoms with Crippen LogP contribution in [0.1, 0.15) is 17.7 Å².